The van der Waals surface area contributed by atoms with E-state index in [1.165, 1.54) is 6.07 Å². The number of aliphatic hydroxyl groups is 1. The van der Waals surface area contributed by atoms with Gasteiger partial charge in [0.05, 0.1) is 6.61 Å². The molecule has 0 bridgehead atoms. The quantitative estimate of drug-likeness (QED) is 0.907. The average Bonchev–Trinajstić information content (AvgIpc) is 2.84. The van der Waals surface area contributed by atoms with Gasteiger partial charge in [-0.15, -0.1) is 0 Å². The van der Waals surface area contributed by atoms with Gasteiger partial charge >= 0.3 is 0 Å². The van der Waals surface area contributed by atoms with E-state index >= 15 is 0 Å². The SMILES string of the molecule is Cc1cc(C)c(C(O)c2ccc3c(c2)CCO3)c(F)c1. The van der Waals surface area contributed by atoms with Gasteiger partial charge in [-0.2, -0.15) is 0 Å². The van der Waals surface area contributed by atoms with Crippen LogP contribution in [0, 0.1) is 19.7 Å². The molecule has 3 rings (SSSR count). The monoisotopic (exact) mass is 272 g/mol. The molecule has 0 saturated carbocycles. The Kier molecular flexibility index (Phi) is 3.22. The summed E-state index contributed by atoms with van der Waals surface area (Å²) in [6.45, 7) is 4.34. The van der Waals surface area contributed by atoms with Crippen LogP contribution in [-0.4, -0.2) is 11.7 Å². The molecular weight excluding hydrogens is 255 g/mol. The molecule has 1 unspecified atom stereocenters. The molecule has 0 spiro atoms. The maximum Gasteiger partial charge on any atom is 0.129 e. The van der Waals surface area contributed by atoms with Gasteiger partial charge in [0.25, 0.3) is 0 Å². The molecule has 0 saturated heterocycles. The zero-order valence-electron chi connectivity index (χ0n) is 11.6. The number of hydrogen-bond acceptors (Lipinski definition) is 2. The van der Waals surface area contributed by atoms with Crippen molar-refractivity contribution in [1.82, 2.24) is 0 Å². The van der Waals surface area contributed by atoms with Crippen LogP contribution in [0.5, 0.6) is 5.75 Å². The minimum atomic E-state index is -0.943. The Morgan fingerprint density at radius 1 is 1.20 bits per heavy atom. The summed E-state index contributed by atoms with van der Waals surface area (Å²) >= 11 is 0. The van der Waals surface area contributed by atoms with Crippen molar-refractivity contribution in [3.63, 3.8) is 0 Å². The Balaban J connectivity index is 2.03. The summed E-state index contributed by atoms with van der Waals surface area (Å²) in [7, 11) is 0. The highest BCUT2D eigenvalue weighted by Crippen LogP contribution is 2.32. The minimum absolute atomic E-state index is 0.355. The van der Waals surface area contributed by atoms with Crippen LogP contribution in [0.4, 0.5) is 4.39 Å². The molecule has 1 aliphatic rings. The van der Waals surface area contributed by atoms with Crippen molar-refractivity contribution in [2.75, 3.05) is 6.61 Å². The topological polar surface area (TPSA) is 29.5 Å². The van der Waals surface area contributed by atoms with Crippen LogP contribution < -0.4 is 4.74 Å². The predicted octanol–water partition coefficient (Wildman–Crippen LogP) is 3.46. The van der Waals surface area contributed by atoms with Gasteiger partial charge in [0, 0.05) is 12.0 Å². The molecule has 0 fully saturated rings. The van der Waals surface area contributed by atoms with Crippen molar-refractivity contribution in [2.24, 2.45) is 0 Å². The second-order valence-corrected chi connectivity index (χ2v) is 5.35. The number of hydrogen-bond donors (Lipinski definition) is 1. The molecule has 1 N–H and O–H groups in total. The summed E-state index contributed by atoms with van der Waals surface area (Å²) in [5.74, 6) is 0.508. The van der Waals surface area contributed by atoms with Gasteiger partial charge in [-0.3, -0.25) is 0 Å². The Morgan fingerprint density at radius 3 is 2.75 bits per heavy atom. The third-order valence-electron chi connectivity index (χ3n) is 3.78. The van der Waals surface area contributed by atoms with Gasteiger partial charge < -0.3 is 9.84 Å². The molecule has 0 aromatic heterocycles. The number of benzene rings is 2. The van der Waals surface area contributed by atoms with E-state index in [1.807, 2.05) is 32.0 Å². The molecule has 1 atom stereocenters. The van der Waals surface area contributed by atoms with Crippen molar-refractivity contribution in [2.45, 2.75) is 26.4 Å². The summed E-state index contributed by atoms with van der Waals surface area (Å²) in [5, 5.41) is 10.5. The number of halogens is 1. The molecule has 3 heteroatoms. The van der Waals surface area contributed by atoms with Gasteiger partial charge in [0.15, 0.2) is 0 Å². The first-order valence-electron chi connectivity index (χ1n) is 6.76. The standard InChI is InChI=1S/C17H17FO2/c1-10-7-11(2)16(14(18)8-10)17(19)13-3-4-15-12(9-13)5-6-20-15/h3-4,7-9,17,19H,5-6H2,1-2H3. The van der Waals surface area contributed by atoms with Gasteiger partial charge in [-0.25, -0.2) is 4.39 Å². The second kappa shape index (κ2) is 4.91. The maximum atomic E-state index is 14.1. The lowest BCUT2D eigenvalue weighted by Gasteiger charge is -2.16. The van der Waals surface area contributed by atoms with Crippen LogP contribution in [0.3, 0.4) is 0 Å². The van der Waals surface area contributed by atoms with E-state index in [9.17, 15) is 9.50 Å². The van der Waals surface area contributed by atoms with Gasteiger partial charge in [-0.05, 0) is 54.3 Å². The van der Waals surface area contributed by atoms with Crippen LogP contribution >= 0.6 is 0 Å². The largest absolute Gasteiger partial charge is 0.493 e. The minimum Gasteiger partial charge on any atom is -0.493 e. The molecule has 104 valence electrons. The number of ether oxygens (including phenoxy) is 1. The van der Waals surface area contributed by atoms with Crippen LogP contribution in [0.1, 0.15) is 33.9 Å². The molecule has 20 heavy (non-hydrogen) atoms. The molecule has 2 aromatic carbocycles. The number of aryl methyl sites for hydroxylation is 2. The summed E-state index contributed by atoms with van der Waals surface area (Å²) < 4.78 is 19.6. The molecule has 1 aliphatic heterocycles. The zero-order chi connectivity index (χ0) is 14.3. The molecule has 0 aliphatic carbocycles. The van der Waals surface area contributed by atoms with Crippen molar-refractivity contribution < 1.29 is 14.2 Å². The van der Waals surface area contributed by atoms with Crippen molar-refractivity contribution >= 4 is 0 Å². The molecule has 0 radical (unpaired) electrons. The average molecular weight is 272 g/mol. The summed E-state index contributed by atoms with van der Waals surface area (Å²) in [6, 6.07) is 8.90. The maximum absolute atomic E-state index is 14.1. The third-order valence-corrected chi connectivity index (χ3v) is 3.78. The van der Waals surface area contributed by atoms with Crippen LogP contribution in [-0.2, 0) is 6.42 Å². The fraction of sp³-hybridized carbons (Fsp3) is 0.294. The highest BCUT2D eigenvalue weighted by atomic mass is 19.1. The van der Waals surface area contributed by atoms with Crippen LogP contribution in [0.25, 0.3) is 0 Å². The lowest BCUT2D eigenvalue weighted by Crippen LogP contribution is -2.06. The van der Waals surface area contributed by atoms with E-state index in [4.69, 9.17) is 4.74 Å². The number of aliphatic hydroxyl groups excluding tert-OH is 1. The summed E-state index contributed by atoms with van der Waals surface area (Å²) in [4.78, 5) is 0. The molecule has 1 heterocycles. The van der Waals surface area contributed by atoms with Gasteiger partial charge in [0.2, 0.25) is 0 Å². The first-order valence-corrected chi connectivity index (χ1v) is 6.76. The lowest BCUT2D eigenvalue weighted by molar-refractivity contribution is 0.214. The molecule has 0 amide bonds. The molecule has 2 nitrogen and oxygen atoms in total. The first kappa shape index (κ1) is 13.1. The van der Waals surface area contributed by atoms with Crippen molar-refractivity contribution in [3.8, 4) is 5.75 Å². The van der Waals surface area contributed by atoms with Crippen molar-refractivity contribution in [1.29, 1.82) is 0 Å². The lowest BCUT2D eigenvalue weighted by atomic mass is 9.94. The summed E-state index contributed by atoms with van der Waals surface area (Å²) in [5.41, 5.74) is 3.77. The highest BCUT2D eigenvalue weighted by molar-refractivity contribution is 5.44. The molecule has 2 aromatic rings. The van der Waals surface area contributed by atoms with Crippen LogP contribution in [0.2, 0.25) is 0 Å². The van der Waals surface area contributed by atoms with E-state index in [2.05, 4.69) is 0 Å². The zero-order valence-corrected chi connectivity index (χ0v) is 11.6. The number of fused-ring (bicyclic) bond motifs is 1. The van der Waals surface area contributed by atoms with E-state index < -0.39 is 6.10 Å². The normalized spacial score (nSPS) is 14.8. The summed E-state index contributed by atoms with van der Waals surface area (Å²) in [6.07, 6.45) is -0.105. The van der Waals surface area contributed by atoms with E-state index in [-0.39, 0.29) is 5.82 Å². The van der Waals surface area contributed by atoms with Crippen LogP contribution in [0.15, 0.2) is 30.3 Å². The molecular formula is C17H17FO2. The number of rotatable bonds is 2. The van der Waals surface area contributed by atoms with E-state index in [0.29, 0.717) is 17.7 Å². The van der Waals surface area contributed by atoms with E-state index in [1.54, 1.807) is 6.07 Å². The Labute approximate surface area is 117 Å². The van der Waals surface area contributed by atoms with Gasteiger partial charge in [0.1, 0.15) is 17.7 Å². The van der Waals surface area contributed by atoms with Gasteiger partial charge in [-0.1, -0.05) is 12.1 Å². The first-order chi connectivity index (χ1) is 9.56. The second-order valence-electron chi connectivity index (χ2n) is 5.35. The van der Waals surface area contributed by atoms with Crippen molar-refractivity contribution in [3.05, 3.63) is 64.0 Å². The third kappa shape index (κ3) is 2.18. The Bertz CT molecular complexity index is 641. The predicted molar refractivity (Wildman–Crippen MR) is 75.6 cm³/mol. The fourth-order valence-electron chi connectivity index (χ4n) is 2.82. The van der Waals surface area contributed by atoms with E-state index in [0.717, 1.165) is 28.9 Å². The highest BCUT2D eigenvalue weighted by Gasteiger charge is 2.20. The Hall–Kier alpha value is -1.87. The smallest absolute Gasteiger partial charge is 0.129 e. The fourth-order valence-corrected chi connectivity index (χ4v) is 2.82. The Morgan fingerprint density at radius 2 is 2.00 bits per heavy atom.